The molecular weight excluding hydrogens is 519 g/mol. The summed E-state index contributed by atoms with van der Waals surface area (Å²) in [6, 6.07) is 12.1. The number of guanidine groups is 1. The van der Waals surface area contributed by atoms with Crippen LogP contribution in [-0.2, 0) is 24.2 Å². The molecule has 1 aliphatic heterocycles. The largest absolute Gasteiger partial charge is 0.493 e. The molecule has 1 heterocycles. The van der Waals surface area contributed by atoms with E-state index in [1.165, 1.54) is 11.1 Å². The Morgan fingerprint density at radius 2 is 1.88 bits per heavy atom. The van der Waals surface area contributed by atoms with E-state index >= 15 is 0 Å². The van der Waals surface area contributed by atoms with Crippen LogP contribution in [0.5, 0.6) is 11.5 Å². The summed E-state index contributed by atoms with van der Waals surface area (Å²) in [5.41, 5.74) is 10.5. The minimum absolute atomic E-state index is 0. The predicted octanol–water partition coefficient (Wildman–Crippen LogP) is 3.98. The monoisotopic (exact) mass is 552 g/mol. The summed E-state index contributed by atoms with van der Waals surface area (Å²) < 4.78 is 10.8. The first-order chi connectivity index (χ1) is 15.0. The zero-order valence-electron chi connectivity index (χ0n) is 19.0. The minimum atomic E-state index is 0. The van der Waals surface area contributed by atoms with Gasteiger partial charge in [0.1, 0.15) is 0 Å². The summed E-state index contributed by atoms with van der Waals surface area (Å²) in [4.78, 5) is 18.9. The summed E-state index contributed by atoms with van der Waals surface area (Å²) >= 11 is 0. The van der Waals surface area contributed by atoms with Crippen LogP contribution in [0.3, 0.4) is 0 Å². The molecule has 0 atom stereocenters. The summed E-state index contributed by atoms with van der Waals surface area (Å²) in [5, 5.41) is 3.11. The van der Waals surface area contributed by atoms with Gasteiger partial charge in [-0.15, -0.1) is 24.0 Å². The van der Waals surface area contributed by atoms with Crippen molar-refractivity contribution in [3.63, 3.8) is 0 Å². The SMILES string of the molecule is CCc1cccc(NC(N)=NCCCC(=O)N2CCc3cc(OC)c(OC)cc3C2)c1.I. The van der Waals surface area contributed by atoms with E-state index in [-0.39, 0.29) is 29.9 Å². The maximum atomic E-state index is 12.7. The van der Waals surface area contributed by atoms with Gasteiger partial charge >= 0.3 is 0 Å². The molecule has 3 rings (SSSR count). The molecule has 2 aromatic carbocycles. The number of aliphatic imine (C=N–C) groups is 1. The lowest BCUT2D eigenvalue weighted by Gasteiger charge is -2.29. The van der Waals surface area contributed by atoms with Crippen LogP contribution in [0.4, 0.5) is 5.69 Å². The number of halogens is 1. The van der Waals surface area contributed by atoms with Crippen LogP contribution in [0.25, 0.3) is 0 Å². The van der Waals surface area contributed by atoms with Gasteiger partial charge in [-0.1, -0.05) is 19.1 Å². The third-order valence-electron chi connectivity index (χ3n) is 5.51. The van der Waals surface area contributed by atoms with Crippen molar-refractivity contribution in [2.45, 2.75) is 39.2 Å². The van der Waals surface area contributed by atoms with Crippen LogP contribution >= 0.6 is 24.0 Å². The summed E-state index contributed by atoms with van der Waals surface area (Å²) in [5.74, 6) is 1.93. The highest BCUT2D eigenvalue weighted by Gasteiger charge is 2.22. The molecule has 1 amide bonds. The van der Waals surface area contributed by atoms with E-state index in [1.54, 1.807) is 14.2 Å². The number of fused-ring (bicyclic) bond motifs is 1. The Bertz CT molecular complexity index is 949. The number of nitrogens with two attached hydrogens (primary N) is 1. The number of hydrogen-bond donors (Lipinski definition) is 2. The highest BCUT2D eigenvalue weighted by Crippen LogP contribution is 2.33. The zero-order valence-corrected chi connectivity index (χ0v) is 21.3. The van der Waals surface area contributed by atoms with Gasteiger partial charge in [0.05, 0.1) is 14.2 Å². The molecule has 0 aromatic heterocycles. The number of carbonyl (C=O) groups excluding carboxylic acids is 1. The number of benzene rings is 2. The van der Waals surface area contributed by atoms with Gasteiger partial charge < -0.3 is 25.4 Å². The van der Waals surface area contributed by atoms with E-state index in [4.69, 9.17) is 15.2 Å². The third kappa shape index (κ3) is 6.75. The van der Waals surface area contributed by atoms with Crippen molar-refractivity contribution in [3.05, 3.63) is 53.1 Å². The average Bonchev–Trinajstić information content (AvgIpc) is 2.80. The number of aryl methyl sites for hydroxylation is 1. The molecule has 2 aromatic rings. The highest BCUT2D eigenvalue weighted by atomic mass is 127. The first kappa shape index (κ1) is 25.8. The van der Waals surface area contributed by atoms with E-state index < -0.39 is 0 Å². The van der Waals surface area contributed by atoms with Crippen molar-refractivity contribution in [3.8, 4) is 11.5 Å². The number of rotatable bonds is 8. The third-order valence-corrected chi connectivity index (χ3v) is 5.51. The van der Waals surface area contributed by atoms with Crippen LogP contribution in [0.1, 0.15) is 36.5 Å². The summed E-state index contributed by atoms with van der Waals surface area (Å²) in [6.07, 6.45) is 2.89. The predicted molar refractivity (Wildman–Crippen MR) is 139 cm³/mol. The Morgan fingerprint density at radius 3 is 2.56 bits per heavy atom. The van der Waals surface area contributed by atoms with Gasteiger partial charge in [-0.2, -0.15) is 0 Å². The second-order valence-electron chi connectivity index (χ2n) is 7.59. The molecule has 0 fully saturated rings. The number of nitrogens with one attached hydrogen (secondary N) is 1. The first-order valence-electron chi connectivity index (χ1n) is 10.7. The number of methoxy groups -OCH3 is 2. The van der Waals surface area contributed by atoms with Gasteiger partial charge in [0, 0.05) is 31.7 Å². The van der Waals surface area contributed by atoms with E-state index in [2.05, 4.69) is 29.4 Å². The van der Waals surface area contributed by atoms with E-state index in [9.17, 15) is 4.79 Å². The number of carbonyl (C=O) groups is 1. The molecule has 32 heavy (non-hydrogen) atoms. The van der Waals surface area contributed by atoms with Crippen molar-refractivity contribution < 1.29 is 14.3 Å². The Morgan fingerprint density at radius 1 is 1.16 bits per heavy atom. The normalized spacial score (nSPS) is 13.1. The molecule has 0 unspecified atom stereocenters. The number of hydrogen-bond acceptors (Lipinski definition) is 4. The van der Waals surface area contributed by atoms with E-state index in [0.29, 0.717) is 44.2 Å². The van der Waals surface area contributed by atoms with Crippen molar-refractivity contribution >= 4 is 41.5 Å². The van der Waals surface area contributed by atoms with Gasteiger partial charge in [0.25, 0.3) is 0 Å². The maximum Gasteiger partial charge on any atom is 0.222 e. The van der Waals surface area contributed by atoms with E-state index in [0.717, 1.165) is 29.8 Å². The maximum absolute atomic E-state index is 12.7. The topological polar surface area (TPSA) is 89.2 Å². The van der Waals surface area contributed by atoms with Crippen LogP contribution in [0.2, 0.25) is 0 Å². The Labute approximate surface area is 207 Å². The average molecular weight is 552 g/mol. The molecule has 0 spiro atoms. The molecular formula is C24H33IN4O3. The number of nitrogens with zero attached hydrogens (tertiary/aromatic N) is 2. The second-order valence-corrected chi connectivity index (χ2v) is 7.59. The standard InChI is InChI=1S/C24H32N4O3.HI/c1-4-17-7-5-8-20(13-17)27-24(25)26-11-6-9-23(29)28-12-10-18-14-21(30-2)22(31-3)15-19(18)16-28;/h5,7-8,13-15H,4,6,9-12,16H2,1-3H3,(H3,25,26,27);1H. The second kappa shape index (κ2) is 12.5. The van der Waals surface area contributed by atoms with Crippen LogP contribution < -0.4 is 20.5 Å². The highest BCUT2D eigenvalue weighted by molar-refractivity contribution is 14.0. The van der Waals surface area contributed by atoms with Crippen LogP contribution in [0, 0.1) is 0 Å². The number of ether oxygens (including phenoxy) is 2. The molecule has 0 radical (unpaired) electrons. The molecule has 0 bridgehead atoms. The van der Waals surface area contributed by atoms with Crippen molar-refractivity contribution in [1.29, 1.82) is 0 Å². The zero-order chi connectivity index (χ0) is 22.2. The first-order valence-corrected chi connectivity index (χ1v) is 10.7. The lowest BCUT2D eigenvalue weighted by atomic mass is 9.98. The van der Waals surface area contributed by atoms with Gasteiger partial charge in [-0.3, -0.25) is 9.79 Å². The molecule has 0 saturated heterocycles. The lowest BCUT2D eigenvalue weighted by molar-refractivity contribution is -0.132. The quantitative estimate of drug-likeness (QED) is 0.224. The Hall–Kier alpha value is -2.49. The fraction of sp³-hybridized carbons (Fsp3) is 0.417. The fourth-order valence-corrected chi connectivity index (χ4v) is 3.74. The summed E-state index contributed by atoms with van der Waals surface area (Å²) in [7, 11) is 3.26. The van der Waals surface area contributed by atoms with Crippen molar-refractivity contribution in [1.82, 2.24) is 4.90 Å². The van der Waals surface area contributed by atoms with Gasteiger partial charge in [0.2, 0.25) is 5.91 Å². The lowest BCUT2D eigenvalue weighted by Crippen LogP contribution is -2.36. The molecule has 174 valence electrons. The van der Waals surface area contributed by atoms with Gasteiger partial charge in [-0.05, 0) is 60.2 Å². The molecule has 1 aliphatic rings. The molecule has 0 saturated carbocycles. The van der Waals surface area contributed by atoms with E-state index in [1.807, 2.05) is 29.2 Å². The van der Waals surface area contributed by atoms with Crippen LogP contribution in [-0.4, -0.2) is 44.1 Å². The fourth-order valence-electron chi connectivity index (χ4n) is 3.74. The Balaban J connectivity index is 0.00000363. The smallest absolute Gasteiger partial charge is 0.222 e. The minimum Gasteiger partial charge on any atom is -0.493 e. The molecule has 8 heteroatoms. The van der Waals surface area contributed by atoms with Gasteiger partial charge in [-0.25, -0.2) is 0 Å². The Kier molecular flexibility index (Phi) is 10.1. The summed E-state index contributed by atoms with van der Waals surface area (Å²) in [6.45, 7) is 3.92. The van der Waals surface area contributed by atoms with Gasteiger partial charge in [0.15, 0.2) is 17.5 Å². The molecule has 7 nitrogen and oxygen atoms in total. The van der Waals surface area contributed by atoms with Crippen molar-refractivity contribution in [2.75, 3.05) is 32.6 Å². The molecule has 0 aliphatic carbocycles. The van der Waals surface area contributed by atoms with Crippen LogP contribution in [0.15, 0.2) is 41.4 Å². The number of amides is 1. The molecule has 3 N–H and O–H groups in total. The van der Waals surface area contributed by atoms with Crippen molar-refractivity contribution in [2.24, 2.45) is 10.7 Å². The number of anilines is 1.